The van der Waals surface area contributed by atoms with Crippen molar-refractivity contribution < 1.29 is 19.1 Å². The number of ether oxygens (including phenoxy) is 2. The number of hydrogen-bond acceptors (Lipinski definition) is 4. The molecule has 2 aromatic carbocycles. The fourth-order valence-corrected chi connectivity index (χ4v) is 2.47. The number of esters is 1. The van der Waals surface area contributed by atoms with Crippen LogP contribution in [0.1, 0.15) is 17.3 Å². The summed E-state index contributed by atoms with van der Waals surface area (Å²) in [6, 6.07) is 9.15. The molecule has 1 amide bonds. The van der Waals surface area contributed by atoms with Crippen LogP contribution in [0.4, 0.5) is 5.69 Å². The predicted molar refractivity (Wildman–Crippen MR) is 98.0 cm³/mol. The van der Waals surface area contributed by atoms with E-state index in [9.17, 15) is 9.59 Å². The van der Waals surface area contributed by atoms with Crippen molar-refractivity contribution in [1.82, 2.24) is 0 Å². The summed E-state index contributed by atoms with van der Waals surface area (Å²) in [5.74, 6) is -0.600. The van der Waals surface area contributed by atoms with Crippen LogP contribution in [-0.2, 0) is 9.53 Å². The van der Waals surface area contributed by atoms with E-state index in [0.717, 1.165) is 0 Å². The maximum absolute atomic E-state index is 12.2. The lowest BCUT2D eigenvalue weighted by atomic mass is 10.2. The molecule has 1 unspecified atom stereocenters. The minimum atomic E-state index is -0.838. The van der Waals surface area contributed by atoms with E-state index in [1.165, 1.54) is 19.2 Å². The van der Waals surface area contributed by atoms with Gasteiger partial charge in [-0.15, -0.1) is 0 Å². The molecule has 1 N–H and O–H groups in total. The minimum Gasteiger partial charge on any atom is -0.479 e. The van der Waals surface area contributed by atoms with E-state index in [1.807, 2.05) is 0 Å². The van der Waals surface area contributed by atoms with Crippen LogP contribution in [0, 0.1) is 0 Å². The number of benzene rings is 2. The molecule has 0 aromatic heterocycles. The average molecular weight is 403 g/mol. The first-order chi connectivity index (χ1) is 11.8. The van der Waals surface area contributed by atoms with Gasteiger partial charge < -0.3 is 14.8 Å². The van der Waals surface area contributed by atoms with E-state index < -0.39 is 18.0 Å². The molecule has 0 heterocycles. The summed E-state index contributed by atoms with van der Waals surface area (Å²) in [6.07, 6.45) is -0.838. The van der Waals surface area contributed by atoms with Gasteiger partial charge in [0.1, 0.15) is 5.75 Å². The third kappa shape index (κ3) is 5.01. The summed E-state index contributed by atoms with van der Waals surface area (Å²) in [6.45, 7) is 1.57. The van der Waals surface area contributed by atoms with Crippen LogP contribution in [0.25, 0.3) is 0 Å². The molecule has 2 rings (SSSR count). The second kappa shape index (κ2) is 8.43. The zero-order chi connectivity index (χ0) is 18.6. The summed E-state index contributed by atoms with van der Waals surface area (Å²) in [5, 5.41) is 3.48. The van der Waals surface area contributed by atoms with Gasteiger partial charge in [-0.25, -0.2) is 4.79 Å². The Kier molecular flexibility index (Phi) is 6.53. The lowest BCUT2D eigenvalue weighted by molar-refractivity contribution is -0.122. The quantitative estimate of drug-likeness (QED) is 0.574. The highest BCUT2D eigenvalue weighted by Gasteiger charge is 2.18. The molecular formula is C17H14Cl3NO4. The number of carbonyl (C=O) groups excluding carboxylic acids is 2. The molecule has 5 nitrogen and oxygen atoms in total. The Morgan fingerprint density at radius 2 is 1.60 bits per heavy atom. The van der Waals surface area contributed by atoms with Crippen LogP contribution in [0.15, 0.2) is 36.4 Å². The van der Waals surface area contributed by atoms with Crippen LogP contribution >= 0.6 is 34.8 Å². The second-order valence-electron chi connectivity index (χ2n) is 5.02. The average Bonchev–Trinajstić information content (AvgIpc) is 2.59. The Morgan fingerprint density at radius 1 is 1.00 bits per heavy atom. The maximum Gasteiger partial charge on any atom is 0.337 e. The van der Waals surface area contributed by atoms with Crippen molar-refractivity contribution in [3.63, 3.8) is 0 Å². The molecule has 0 saturated heterocycles. The molecule has 0 aliphatic heterocycles. The molecule has 1 atom stereocenters. The van der Waals surface area contributed by atoms with Crippen LogP contribution in [-0.4, -0.2) is 25.1 Å². The van der Waals surface area contributed by atoms with E-state index in [-0.39, 0.29) is 15.8 Å². The number of amides is 1. The fraction of sp³-hybridized carbons (Fsp3) is 0.176. The summed E-state index contributed by atoms with van der Waals surface area (Å²) in [7, 11) is 1.30. The normalized spacial score (nSPS) is 11.6. The van der Waals surface area contributed by atoms with Gasteiger partial charge in [0.15, 0.2) is 6.10 Å². The minimum absolute atomic E-state index is 0.247. The zero-order valence-electron chi connectivity index (χ0n) is 13.3. The lowest BCUT2D eigenvalue weighted by Crippen LogP contribution is -2.30. The third-order valence-electron chi connectivity index (χ3n) is 3.22. The molecule has 0 spiro atoms. The van der Waals surface area contributed by atoms with Crippen molar-refractivity contribution in [1.29, 1.82) is 0 Å². The van der Waals surface area contributed by atoms with Crippen molar-refractivity contribution in [3.05, 3.63) is 57.0 Å². The molecule has 2 aromatic rings. The molecule has 0 bridgehead atoms. The van der Waals surface area contributed by atoms with Gasteiger partial charge in [0, 0.05) is 11.8 Å². The molecule has 25 heavy (non-hydrogen) atoms. The van der Waals surface area contributed by atoms with Gasteiger partial charge in [-0.3, -0.25) is 4.79 Å². The SMILES string of the molecule is COC(=O)c1ccc(NC(=O)C(C)Oc2cc(Cl)c(Cl)cc2Cl)cc1. The predicted octanol–water partition coefficient (Wildman–Crippen LogP) is 4.84. The molecule has 0 fully saturated rings. The van der Waals surface area contributed by atoms with Crippen LogP contribution in [0.5, 0.6) is 5.75 Å². The Balaban J connectivity index is 2.03. The fourth-order valence-electron chi connectivity index (χ4n) is 1.89. The number of rotatable bonds is 5. The van der Waals surface area contributed by atoms with E-state index >= 15 is 0 Å². The lowest BCUT2D eigenvalue weighted by Gasteiger charge is -2.16. The molecule has 0 radical (unpaired) electrons. The van der Waals surface area contributed by atoms with Gasteiger partial charge in [0.25, 0.3) is 5.91 Å². The van der Waals surface area contributed by atoms with Crippen molar-refractivity contribution in [3.8, 4) is 5.75 Å². The summed E-state index contributed by atoms with van der Waals surface area (Å²) in [5.41, 5.74) is 0.890. The number of methoxy groups -OCH3 is 1. The van der Waals surface area contributed by atoms with Crippen molar-refractivity contribution in [2.75, 3.05) is 12.4 Å². The van der Waals surface area contributed by atoms with E-state index in [4.69, 9.17) is 39.5 Å². The van der Waals surface area contributed by atoms with Gasteiger partial charge in [-0.2, -0.15) is 0 Å². The highest BCUT2D eigenvalue weighted by molar-refractivity contribution is 6.43. The van der Waals surface area contributed by atoms with Gasteiger partial charge in [-0.1, -0.05) is 34.8 Å². The largest absolute Gasteiger partial charge is 0.479 e. The number of carbonyl (C=O) groups is 2. The first-order valence-electron chi connectivity index (χ1n) is 7.12. The van der Waals surface area contributed by atoms with Gasteiger partial charge >= 0.3 is 5.97 Å². The second-order valence-corrected chi connectivity index (χ2v) is 6.24. The molecule has 8 heteroatoms. The van der Waals surface area contributed by atoms with Crippen LogP contribution in [0.3, 0.4) is 0 Å². The molecule has 0 saturated carbocycles. The third-order valence-corrected chi connectivity index (χ3v) is 4.24. The van der Waals surface area contributed by atoms with Crippen LogP contribution in [0.2, 0.25) is 15.1 Å². The molecule has 0 aliphatic carbocycles. The first kappa shape index (κ1) is 19.4. The monoisotopic (exact) mass is 401 g/mol. The molecule has 132 valence electrons. The Bertz CT molecular complexity index is 793. The Hall–Kier alpha value is -1.95. The van der Waals surface area contributed by atoms with Gasteiger partial charge in [0.2, 0.25) is 0 Å². The molecular weight excluding hydrogens is 389 g/mol. The standard InChI is InChI=1S/C17H14Cl3NO4/c1-9(25-15-8-13(19)12(18)7-14(15)20)16(22)21-11-5-3-10(4-6-11)17(23)24-2/h3-9H,1-2H3,(H,21,22). The smallest absolute Gasteiger partial charge is 0.337 e. The van der Waals surface area contributed by atoms with E-state index in [0.29, 0.717) is 16.3 Å². The Labute approximate surface area is 159 Å². The van der Waals surface area contributed by atoms with Crippen molar-refractivity contribution in [2.24, 2.45) is 0 Å². The summed E-state index contributed by atoms with van der Waals surface area (Å²) in [4.78, 5) is 23.6. The van der Waals surface area contributed by atoms with Crippen molar-refractivity contribution in [2.45, 2.75) is 13.0 Å². The maximum atomic E-state index is 12.2. The highest BCUT2D eigenvalue weighted by atomic mass is 35.5. The van der Waals surface area contributed by atoms with Gasteiger partial charge in [0.05, 0.1) is 27.7 Å². The van der Waals surface area contributed by atoms with Crippen LogP contribution < -0.4 is 10.1 Å². The van der Waals surface area contributed by atoms with E-state index in [1.54, 1.807) is 31.2 Å². The number of halogens is 3. The number of anilines is 1. The van der Waals surface area contributed by atoms with Crippen molar-refractivity contribution >= 4 is 52.4 Å². The van der Waals surface area contributed by atoms with E-state index in [2.05, 4.69) is 10.1 Å². The highest BCUT2D eigenvalue weighted by Crippen LogP contribution is 2.34. The van der Waals surface area contributed by atoms with Gasteiger partial charge in [-0.05, 0) is 37.3 Å². The number of nitrogens with one attached hydrogen (secondary N) is 1. The number of hydrogen-bond donors (Lipinski definition) is 1. The first-order valence-corrected chi connectivity index (χ1v) is 8.25. The Morgan fingerprint density at radius 3 is 2.20 bits per heavy atom. The topological polar surface area (TPSA) is 64.6 Å². The molecule has 0 aliphatic rings. The summed E-state index contributed by atoms with van der Waals surface area (Å²) >= 11 is 17.8. The zero-order valence-corrected chi connectivity index (χ0v) is 15.6. The summed E-state index contributed by atoms with van der Waals surface area (Å²) < 4.78 is 10.1.